The van der Waals surface area contributed by atoms with Crippen molar-refractivity contribution in [2.75, 3.05) is 13.2 Å². The molecule has 0 unspecified atom stereocenters. The summed E-state index contributed by atoms with van der Waals surface area (Å²) in [4.78, 5) is 23.4. The van der Waals surface area contributed by atoms with Crippen molar-refractivity contribution in [3.05, 3.63) is 10.4 Å². The summed E-state index contributed by atoms with van der Waals surface area (Å²) in [5, 5.41) is 2.91. The van der Waals surface area contributed by atoms with Crippen LogP contribution in [0.15, 0.2) is 5.11 Å². The van der Waals surface area contributed by atoms with Crippen molar-refractivity contribution in [1.82, 2.24) is 0 Å². The molecule has 0 aromatic heterocycles. The fourth-order valence-corrected chi connectivity index (χ4v) is 0.372. The zero-order chi connectivity index (χ0) is 8.69. The van der Waals surface area contributed by atoms with Gasteiger partial charge in [-0.05, 0) is 12.5 Å². The molecule has 0 heterocycles. The molecular formula is C5H7N3O3. The number of esters is 1. The van der Waals surface area contributed by atoms with Crippen LogP contribution in [-0.4, -0.2) is 24.9 Å². The molecule has 60 valence electrons. The van der Waals surface area contributed by atoms with E-state index < -0.39 is 18.3 Å². The highest BCUT2D eigenvalue weighted by Gasteiger charge is 2.12. The van der Waals surface area contributed by atoms with E-state index in [0.717, 1.165) is 0 Å². The van der Waals surface area contributed by atoms with Gasteiger partial charge in [0.2, 0.25) is 5.78 Å². The molecule has 0 fully saturated rings. The Labute approximate surface area is 62.8 Å². The highest BCUT2D eigenvalue weighted by atomic mass is 16.5. The summed E-state index contributed by atoms with van der Waals surface area (Å²) >= 11 is 0. The number of ketones is 1. The molecule has 0 aromatic rings. The molecule has 0 atom stereocenters. The molecule has 11 heavy (non-hydrogen) atoms. The standard InChI is InChI=1S/C5H7N3O3/c1-2-11-5(10)4(9)3-7-8-6/h2-3H2,1H3. The number of hydrogen-bond acceptors (Lipinski definition) is 4. The van der Waals surface area contributed by atoms with Gasteiger partial charge >= 0.3 is 5.97 Å². The first-order valence-corrected chi connectivity index (χ1v) is 2.93. The SMILES string of the molecule is CCOC(=O)C(=O)CN=[N+]=[N-]. The van der Waals surface area contributed by atoms with Crippen LogP contribution in [0.3, 0.4) is 0 Å². The van der Waals surface area contributed by atoms with Crippen LogP contribution < -0.4 is 0 Å². The Morgan fingerprint density at radius 3 is 2.73 bits per heavy atom. The zero-order valence-electron chi connectivity index (χ0n) is 5.98. The molecule has 0 rings (SSSR count). The van der Waals surface area contributed by atoms with Crippen molar-refractivity contribution in [2.24, 2.45) is 5.11 Å². The van der Waals surface area contributed by atoms with Crippen LogP contribution in [-0.2, 0) is 14.3 Å². The first kappa shape index (κ1) is 9.45. The quantitative estimate of drug-likeness (QED) is 0.195. The first-order chi connectivity index (χ1) is 5.22. The molecule has 0 aromatic carbocycles. The van der Waals surface area contributed by atoms with Crippen molar-refractivity contribution < 1.29 is 14.3 Å². The smallest absolute Gasteiger partial charge is 0.374 e. The van der Waals surface area contributed by atoms with Crippen LogP contribution >= 0.6 is 0 Å². The molecule has 0 aliphatic heterocycles. The maximum atomic E-state index is 10.6. The second kappa shape index (κ2) is 5.25. The van der Waals surface area contributed by atoms with Gasteiger partial charge in [-0.25, -0.2) is 4.79 Å². The third-order valence-corrected chi connectivity index (χ3v) is 0.781. The number of nitrogens with zero attached hydrogens (tertiary/aromatic N) is 3. The molecule has 0 aliphatic rings. The number of Topliss-reactive ketones (excluding diaryl/α,β-unsaturated/α-hetero) is 1. The average Bonchev–Trinajstić information content (AvgIpc) is 2.00. The van der Waals surface area contributed by atoms with E-state index in [-0.39, 0.29) is 6.61 Å². The molecule has 6 nitrogen and oxygen atoms in total. The van der Waals surface area contributed by atoms with Crippen LogP contribution in [0.4, 0.5) is 0 Å². The fraction of sp³-hybridized carbons (Fsp3) is 0.600. The summed E-state index contributed by atoms with van der Waals surface area (Å²) in [5.41, 5.74) is 7.78. The second-order valence-electron chi connectivity index (χ2n) is 1.53. The molecule has 0 spiro atoms. The normalized spacial score (nSPS) is 8.09. The zero-order valence-corrected chi connectivity index (χ0v) is 5.98. The van der Waals surface area contributed by atoms with Crippen molar-refractivity contribution in [3.63, 3.8) is 0 Å². The van der Waals surface area contributed by atoms with E-state index in [9.17, 15) is 9.59 Å². The van der Waals surface area contributed by atoms with E-state index in [1.807, 2.05) is 0 Å². The number of carbonyl (C=O) groups excluding carboxylic acids is 2. The Morgan fingerprint density at radius 2 is 2.27 bits per heavy atom. The molecule has 0 bridgehead atoms. The molecule has 0 N–H and O–H groups in total. The lowest BCUT2D eigenvalue weighted by molar-refractivity contribution is -0.152. The number of hydrogen-bond donors (Lipinski definition) is 0. The largest absolute Gasteiger partial charge is 0.460 e. The minimum Gasteiger partial charge on any atom is -0.460 e. The fourth-order valence-electron chi connectivity index (χ4n) is 0.372. The van der Waals surface area contributed by atoms with Crippen LogP contribution in [0.1, 0.15) is 6.92 Å². The minimum absolute atomic E-state index is 0.140. The van der Waals surface area contributed by atoms with Crippen LogP contribution in [0.25, 0.3) is 10.4 Å². The number of carbonyl (C=O) groups is 2. The summed E-state index contributed by atoms with van der Waals surface area (Å²) in [6, 6.07) is 0. The summed E-state index contributed by atoms with van der Waals surface area (Å²) < 4.78 is 4.33. The maximum absolute atomic E-state index is 10.6. The van der Waals surface area contributed by atoms with Gasteiger partial charge < -0.3 is 4.74 Å². The van der Waals surface area contributed by atoms with Gasteiger partial charge in [-0.15, -0.1) is 0 Å². The van der Waals surface area contributed by atoms with Crippen molar-refractivity contribution in [2.45, 2.75) is 6.92 Å². The molecule has 0 radical (unpaired) electrons. The topological polar surface area (TPSA) is 92.1 Å². The van der Waals surface area contributed by atoms with E-state index in [2.05, 4.69) is 14.8 Å². The van der Waals surface area contributed by atoms with Gasteiger partial charge in [0.05, 0.1) is 13.2 Å². The highest BCUT2D eigenvalue weighted by Crippen LogP contribution is 1.82. The van der Waals surface area contributed by atoms with Gasteiger partial charge in [0, 0.05) is 4.91 Å². The van der Waals surface area contributed by atoms with E-state index in [1.165, 1.54) is 0 Å². The van der Waals surface area contributed by atoms with Gasteiger partial charge in [0.15, 0.2) is 0 Å². The van der Waals surface area contributed by atoms with E-state index in [0.29, 0.717) is 0 Å². The Morgan fingerprint density at radius 1 is 1.64 bits per heavy atom. The lowest BCUT2D eigenvalue weighted by Gasteiger charge is -1.95. The average molecular weight is 157 g/mol. The summed E-state index contributed by atoms with van der Waals surface area (Å²) in [5.74, 6) is -1.79. The van der Waals surface area contributed by atoms with Gasteiger partial charge in [-0.3, -0.25) is 4.79 Å². The van der Waals surface area contributed by atoms with E-state index in [4.69, 9.17) is 5.53 Å². The van der Waals surface area contributed by atoms with Crippen LogP contribution in [0.5, 0.6) is 0 Å². The lowest BCUT2D eigenvalue weighted by atomic mass is 10.4. The Balaban J connectivity index is 3.83. The Hall–Kier alpha value is -1.55. The van der Waals surface area contributed by atoms with Gasteiger partial charge in [-0.1, -0.05) is 5.11 Å². The Bertz CT molecular complexity index is 207. The lowest BCUT2D eigenvalue weighted by Crippen LogP contribution is -2.19. The van der Waals surface area contributed by atoms with Crippen LogP contribution in [0, 0.1) is 0 Å². The molecule has 0 saturated carbocycles. The summed E-state index contributed by atoms with van der Waals surface area (Å²) in [7, 11) is 0. The van der Waals surface area contributed by atoms with Crippen molar-refractivity contribution in [1.29, 1.82) is 0 Å². The van der Waals surface area contributed by atoms with Crippen molar-refractivity contribution >= 4 is 11.8 Å². The monoisotopic (exact) mass is 157 g/mol. The first-order valence-electron chi connectivity index (χ1n) is 2.93. The molecular weight excluding hydrogens is 150 g/mol. The molecule has 0 aliphatic carbocycles. The molecule has 0 amide bonds. The van der Waals surface area contributed by atoms with E-state index in [1.54, 1.807) is 6.92 Å². The summed E-state index contributed by atoms with van der Waals surface area (Å²) in [6.07, 6.45) is 0. The molecule has 6 heteroatoms. The number of azide groups is 1. The number of rotatable bonds is 4. The highest BCUT2D eigenvalue weighted by molar-refractivity contribution is 6.34. The second-order valence-corrected chi connectivity index (χ2v) is 1.53. The van der Waals surface area contributed by atoms with Gasteiger partial charge in [0.1, 0.15) is 0 Å². The van der Waals surface area contributed by atoms with Crippen LogP contribution in [0.2, 0.25) is 0 Å². The molecule has 0 saturated heterocycles. The van der Waals surface area contributed by atoms with Gasteiger partial charge in [-0.2, -0.15) is 0 Å². The third-order valence-electron chi connectivity index (χ3n) is 0.781. The number of ether oxygens (including phenoxy) is 1. The predicted octanol–water partition coefficient (Wildman–Crippen LogP) is 0.429. The maximum Gasteiger partial charge on any atom is 0.374 e. The Kier molecular flexibility index (Phi) is 4.51. The minimum atomic E-state index is -0.958. The predicted molar refractivity (Wildman–Crippen MR) is 35.7 cm³/mol. The third kappa shape index (κ3) is 3.94. The summed E-state index contributed by atoms with van der Waals surface area (Å²) in [6.45, 7) is 1.24. The van der Waals surface area contributed by atoms with Crippen molar-refractivity contribution in [3.8, 4) is 0 Å². The van der Waals surface area contributed by atoms with Gasteiger partial charge in [0.25, 0.3) is 0 Å². The van der Waals surface area contributed by atoms with E-state index >= 15 is 0 Å².